The molecule has 1 aliphatic rings. The quantitative estimate of drug-likeness (QED) is 0.649. The van der Waals surface area contributed by atoms with E-state index in [1.165, 1.54) is 7.11 Å². The number of allylic oxidation sites excluding steroid dienone is 2. The van der Waals surface area contributed by atoms with Crippen LogP contribution in [0.4, 0.5) is 0 Å². The smallest absolute Gasteiger partial charge is 0.338 e. The Kier molecular flexibility index (Phi) is 5.72. The molecule has 1 aromatic carbocycles. The number of halogens is 1. The number of benzene rings is 1. The zero-order valence-electron chi connectivity index (χ0n) is 13.3. The van der Waals surface area contributed by atoms with Crippen LogP contribution in [-0.4, -0.2) is 25.6 Å². The van der Waals surface area contributed by atoms with Gasteiger partial charge in [-0.25, -0.2) is 4.79 Å². The molecule has 1 heterocycles. The number of nitriles is 1. The Bertz CT molecular complexity index is 749. The van der Waals surface area contributed by atoms with Crippen molar-refractivity contribution >= 4 is 17.6 Å². The Morgan fingerprint density at radius 1 is 1.46 bits per heavy atom. The van der Waals surface area contributed by atoms with Crippen LogP contribution in [0.1, 0.15) is 18.4 Å². The molecule has 0 aliphatic carbocycles. The van der Waals surface area contributed by atoms with Crippen LogP contribution in [0.3, 0.4) is 0 Å². The van der Waals surface area contributed by atoms with Crippen molar-refractivity contribution in [1.29, 1.82) is 5.26 Å². The van der Waals surface area contributed by atoms with Crippen molar-refractivity contribution in [1.82, 2.24) is 0 Å². The number of hydrogen-bond acceptors (Lipinski definition) is 6. The molecule has 24 heavy (non-hydrogen) atoms. The van der Waals surface area contributed by atoms with E-state index in [-0.39, 0.29) is 35.3 Å². The molecule has 1 aliphatic heterocycles. The lowest BCUT2D eigenvalue weighted by atomic mass is 9.82. The first-order valence-corrected chi connectivity index (χ1v) is 7.79. The molecule has 0 radical (unpaired) electrons. The molecule has 126 valence electrons. The number of methoxy groups -OCH3 is 1. The fourth-order valence-electron chi connectivity index (χ4n) is 2.57. The third kappa shape index (κ3) is 3.17. The fraction of sp³-hybridized carbons (Fsp3) is 0.294. The molecule has 0 saturated heterocycles. The van der Waals surface area contributed by atoms with Gasteiger partial charge in [0.15, 0.2) is 0 Å². The SMILES string of the molecule is CCOC(=O)C1=C(CCl)OC(N)=C(C#N)C1c1ccccc1OC. The van der Waals surface area contributed by atoms with Crippen LogP contribution < -0.4 is 10.5 Å². The number of esters is 1. The van der Waals surface area contributed by atoms with Crippen molar-refractivity contribution in [2.24, 2.45) is 5.73 Å². The molecule has 0 amide bonds. The molecular formula is C17H17ClN2O4. The van der Waals surface area contributed by atoms with E-state index in [1.807, 2.05) is 6.07 Å². The standard InChI is InChI=1S/C17H17ClN2O4/c1-3-23-17(21)15-13(8-18)24-16(20)11(9-19)14(15)10-6-4-5-7-12(10)22-2/h4-7,14H,3,8,20H2,1-2H3. The van der Waals surface area contributed by atoms with Crippen LogP contribution in [0.5, 0.6) is 5.75 Å². The molecule has 1 unspecified atom stereocenters. The molecule has 1 aromatic rings. The summed E-state index contributed by atoms with van der Waals surface area (Å²) in [7, 11) is 1.51. The first kappa shape index (κ1) is 17.7. The van der Waals surface area contributed by atoms with Crippen molar-refractivity contribution in [3.63, 3.8) is 0 Å². The maximum atomic E-state index is 12.5. The average Bonchev–Trinajstić information content (AvgIpc) is 2.60. The third-order valence-electron chi connectivity index (χ3n) is 3.56. The second kappa shape index (κ2) is 7.75. The first-order valence-electron chi connectivity index (χ1n) is 7.25. The molecule has 0 saturated carbocycles. The third-order valence-corrected chi connectivity index (χ3v) is 3.81. The monoisotopic (exact) mass is 348 g/mol. The van der Waals surface area contributed by atoms with Crippen molar-refractivity contribution in [2.45, 2.75) is 12.8 Å². The molecule has 0 bridgehead atoms. The van der Waals surface area contributed by atoms with E-state index in [0.717, 1.165) is 0 Å². The number of para-hydroxylation sites is 1. The van der Waals surface area contributed by atoms with Gasteiger partial charge in [0, 0.05) is 5.56 Å². The molecule has 0 aromatic heterocycles. The largest absolute Gasteiger partial charge is 0.496 e. The van der Waals surface area contributed by atoms with E-state index < -0.39 is 11.9 Å². The highest BCUT2D eigenvalue weighted by Crippen LogP contribution is 2.43. The summed E-state index contributed by atoms with van der Waals surface area (Å²) in [6, 6.07) is 9.07. The van der Waals surface area contributed by atoms with Crippen LogP contribution in [0.25, 0.3) is 0 Å². The van der Waals surface area contributed by atoms with Gasteiger partial charge in [0.1, 0.15) is 23.2 Å². The Balaban J connectivity index is 2.71. The van der Waals surface area contributed by atoms with Crippen molar-refractivity contribution in [3.05, 3.63) is 52.6 Å². The number of hydrogen-bond donors (Lipinski definition) is 1. The highest BCUT2D eigenvalue weighted by Gasteiger charge is 2.38. The zero-order valence-corrected chi connectivity index (χ0v) is 14.1. The van der Waals surface area contributed by atoms with Gasteiger partial charge in [0.25, 0.3) is 0 Å². The van der Waals surface area contributed by atoms with Crippen LogP contribution in [0, 0.1) is 11.3 Å². The first-order chi connectivity index (χ1) is 11.6. The molecule has 0 fully saturated rings. The summed E-state index contributed by atoms with van der Waals surface area (Å²) in [5, 5.41) is 9.53. The van der Waals surface area contributed by atoms with Gasteiger partial charge in [-0.05, 0) is 13.0 Å². The Hall–Kier alpha value is -2.65. The molecule has 2 N–H and O–H groups in total. The topological polar surface area (TPSA) is 94.6 Å². The van der Waals surface area contributed by atoms with Crippen LogP contribution in [-0.2, 0) is 14.3 Å². The number of alkyl halides is 1. The Morgan fingerprint density at radius 3 is 2.75 bits per heavy atom. The van der Waals surface area contributed by atoms with E-state index in [4.69, 9.17) is 31.5 Å². The summed E-state index contributed by atoms with van der Waals surface area (Å²) in [5.74, 6) is -0.864. The summed E-state index contributed by atoms with van der Waals surface area (Å²) in [4.78, 5) is 12.5. The van der Waals surface area contributed by atoms with Crippen LogP contribution in [0.2, 0.25) is 0 Å². The number of carbonyl (C=O) groups is 1. The van der Waals surface area contributed by atoms with Gasteiger partial charge in [-0.1, -0.05) is 18.2 Å². The second-order valence-electron chi connectivity index (χ2n) is 4.86. The number of nitrogens with two attached hydrogens (primary N) is 1. The lowest BCUT2D eigenvalue weighted by Crippen LogP contribution is -2.27. The maximum Gasteiger partial charge on any atom is 0.338 e. The Labute approximate surface area is 145 Å². The van der Waals surface area contributed by atoms with Gasteiger partial charge in [0.2, 0.25) is 5.88 Å². The van der Waals surface area contributed by atoms with E-state index in [9.17, 15) is 10.1 Å². The fourth-order valence-corrected chi connectivity index (χ4v) is 2.76. The summed E-state index contributed by atoms with van der Waals surface area (Å²) >= 11 is 5.92. The van der Waals surface area contributed by atoms with Crippen molar-refractivity contribution < 1.29 is 19.0 Å². The minimum absolute atomic E-state index is 0.0841. The average molecular weight is 349 g/mol. The predicted octanol–water partition coefficient (Wildman–Crippen LogP) is 2.56. The van der Waals surface area contributed by atoms with E-state index in [2.05, 4.69) is 0 Å². The number of ether oxygens (including phenoxy) is 3. The normalized spacial score (nSPS) is 17.2. The Morgan fingerprint density at radius 2 is 2.17 bits per heavy atom. The minimum atomic E-state index is -0.771. The van der Waals surface area contributed by atoms with Gasteiger partial charge in [0.05, 0.1) is 31.1 Å². The zero-order chi connectivity index (χ0) is 17.7. The summed E-state index contributed by atoms with van der Waals surface area (Å²) in [6.45, 7) is 1.87. The number of rotatable bonds is 5. The lowest BCUT2D eigenvalue weighted by molar-refractivity contribution is -0.139. The molecule has 2 rings (SSSR count). The molecule has 1 atom stereocenters. The number of carbonyl (C=O) groups excluding carboxylic acids is 1. The summed E-state index contributed by atoms with van der Waals surface area (Å²) in [6.07, 6.45) is 0. The van der Waals surface area contributed by atoms with E-state index in [0.29, 0.717) is 11.3 Å². The van der Waals surface area contributed by atoms with Gasteiger partial charge in [-0.15, -0.1) is 11.6 Å². The second-order valence-corrected chi connectivity index (χ2v) is 5.12. The van der Waals surface area contributed by atoms with Crippen molar-refractivity contribution in [2.75, 3.05) is 19.6 Å². The van der Waals surface area contributed by atoms with Gasteiger partial charge in [-0.2, -0.15) is 5.26 Å². The van der Waals surface area contributed by atoms with Gasteiger partial charge in [-0.3, -0.25) is 0 Å². The number of nitrogens with zero attached hydrogens (tertiary/aromatic N) is 1. The van der Waals surface area contributed by atoms with Crippen LogP contribution >= 0.6 is 11.6 Å². The van der Waals surface area contributed by atoms with Crippen LogP contribution in [0.15, 0.2) is 47.1 Å². The summed E-state index contributed by atoms with van der Waals surface area (Å²) in [5.41, 5.74) is 6.73. The molecule has 7 heteroatoms. The molecular weight excluding hydrogens is 332 g/mol. The van der Waals surface area contributed by atoms with Gasteiger partial charge >= 0.3 is 5.97 Å². The maximum absolute atomic E-state index is 12.5. The molecule has 0 spiro atoms. The van der Waals surface area contributed by atoms with Gasteiger partial charge < -0.3 is 19.9 Å². The highest BCUT2D eigenvalue weighted by atomic mass is 35.5. The lowest BCUT2D eigenvalue weighted by Gasteiger charge is -2.28. The minimum Gasteiger partial charge on any atom is -0.496 e. The van der Waals surface area contributed by atoms with Crippen molar-refractivity contribution in [3.8, 4) is 11.8 Å². The van der Waals surface area contributed by atoms with E-state index in [1.54, 1.807) is 31.2 Å². The predicted molar refractivity (Wildman–Crippen MR) is 88.0 cm³/mol. The van der Waals surface area contributed by atoms with E-state index >= 15 is 0 Å². The highest BCUT2D eigenvalue weighted by molar-refractivity contribution is 6.19. The molecule has 6 nitrogen and oxygen atoms in total. The summed E-state index contributed by atoms with van der Waals surface area (Å²) < 4.78 is 15.9.